The molecule has 0 aliphatic carbocycles. The summed E-state index contributed by atoms with van der Waals surface area (Å²) in [7, 11) is 0. The van der Waals surface area contributed by atoms with Crippen molar-refractivity contribution in [2.75, 3.05) is 6.61 Å². The van der Waals surface area contributed by atoms with E-state index in [1.165, 1.54) is 0 Å². The van der Waals surface area contributed by atoms with Crippen LogP contribution in [0.1, 0.15) is 13.3 Å². The van der Waals surface area contributed by atoms with E-state index in [0.29, 0.717) is 0 Å². The topological polar surface area (TPSA) is 131 Å². The van der Waals surface area contributed by atoms with Crippen LogP contribution in [-0.2, 0) is 19.1 Å². The van der Waals surface area contributed by atoms with Crippen LogP contribution in [0.15, 0.2) is 0 Å². The van der Waals surface area contributed by atoms with Gasteiger partial charge in [0.1, 0.15) is 6.04 Å². The van der Waals surface area contributed by atoms with Gasteiger partial charge in [-0.2, -0.15) is 0 Å². The molecule has 7 nitrogen and oxygen atoms in total. The van der Waals surface area contributed by atoms with Crippen LogP contribution in [0.25, 0.3) is 0 Å². The van der Waals surface area contributed by atoms with Crippen molar-refractivity contribution >= 4 is 18.0 Å². The highest BCUT2D eigenvalue weighted by Gasteiger charge is 2.17. The van der Waals surface area contributed by atoms with E-state index >= 15 is 0 Å². The summed E-state index contributed by atoms with van der Waals surface area (Å²) in [5.74, 6) is -1.78. The van der Waals surface area contributed by atoms with Crippen molar-refractivity contribution in [3.8, 4) is 0 Å². The summed E-state index contributed by atoms with van der Waals surface area (Å²) in [6.45, 7) is 1.84. The molecule has 0 aromatic carbocycles. The van der Waals surface area contributed by atoms with Gasteiger partial charge in [-0.3, -0.25) is 9.59 Å². The maximum atomic E-state index is 10.7. The van der Waals surface area contributed by atoms with Crippen molar-refractivity contribution in [3.05, 3.63) is 0 Å². The summed E-state index contributed by atoms with van der Waals surface area (Å²) in [6, 6.07) is -1.05. The number of nitrogens with two attached hydrogens (primary N) is 1. The van der Waals surface area contributed by atoms with Crippen molar-refractivity contribution in [1.29, 1.82) is 5.41 Å². The fourth-order valence-electron chi connectivity index (χ4n) is 0.521. The largest absolute Gasteiger partial charge is 0.481 e. The molecule has 1 atom stereocenters. The lowest BCUT2D eigenvalue weighted by atomic mass is 10.2. The van der Waals surface area contributed by atoms with E-state index in [1.54, 1.807) is 6.92 Å². The van der Waals surface area contributed by atoms with Gasteiger partial charge in [-0.25, -0.2) is 10.2 Å². The van der Waals surface area contributed by atoms with Crippen LogP contribution in [0.3, 0.4) is 0 Å². The highest BCUT2D eigenvalue weighted by Crippen LogP contribution is 1.91. The third-order valence-electron chi connectivity index (χ3n) is 0.984. The second-order valence-electron chi connectivity index (χ2n) is 2.06. The van der Waals surface area contributed by atoms with E-state index in [9.17, 15) is 9.59 Å². The number of esters is 1. The Hall–Kier alpha value is -1.72. The number of carboxylic acids is 1. The Balaban J connectivity index is 0. The Bertz CT molecular complexity index is 222. The molecule has 0 aromatic heterocycles. The third-order valence-corrected chi connectivity index (χ3v) is 0.984. The Morgan fingerprint density at radius 3 is 2.36 bits per heavy atom. The highest BCUT2D eigenvalue weighted by atomic mass is 16.5. The van der Waals surface area contributed by atoms with E-state index in [1.807, 2.05) is 0 Å². The number of isocyanates is 1. The number of aliphatic carboxylic acids is 1. The van der Waals surface area contributed by atoms with Gasteiger partial charge >= 0.3 is 11.9 Å². The molecule has 0 rings (SSSR count). The lowest BCUT2D eigenvalue weighted by Gasteiger charge is -2.06. The summed E-state index contributed by atoms with van der Waals surface area (Å²) >= 11 is 0. The standard InChI is InChI=1S/C6H11NO4.CHNO/c1-2-11-6(10)4(7)3-5(8)9;2-1-3/h4H,2-3,7H2,1H3,(H,8,9);2H/t4-;/m0./s1. The average molecular weight is 204 g/mol. The quantitative estimate of drug-likeness (QED) is 0.314. The van der Waals surface area contributed by atoms with Gasteiger partial charge in [-0.05, 0) is 6.92 Å². The summed E-state index contributed by atoms with van der Waals surface area (Å²) < 4.78 is 4.48. The van der Waals surface area contributed by atoms with Crippen molar-refractivity contribution < 1.29 is 24.2 Å². The zero-order chi connectivity index (χ0) is 11.6. The summed E-state index contributed by atoms with van der Waals surface area (Å²) in [5.41, 5.74) is 5.15. The Kier molecular flexibility index (Phi) is 9.89. The van der Waals surface area contributed by atoms with Crippen LogP contribution in [0, 0.1) is 5.41 Å². The van der Waals surface area contributed by atoms with Crippen LogP contribution in [-0.4, -0.2) is 35.8 Å². The molecule has 14 heavy (non-hydrogen) atoms. The summed E-state index contributed by atoms with van der Waals surface area (Å²) in [4.78, 5) is 29.0. The van der Waals surface area contributed by atoms with Crippen molar-refractivity contribution in [1.82, 2.24) is 0 Å². The van der Waals surface area contributed by atoms with Gasteiger partial charge in [0.25, 0.3) is 0 Å². The monoisotopic (exact) mass is 204 g/mol. The Labute approximate surface area is 80.4 Å². The molecule has 0 radical (unpaired) electrons. The fourth-order valence-corrected chi connectivity index (χ4v) is 0.521. The second kappa shape index (κ2) is 9.37. The number of hydrogen-bond acceptors (Lipinski definition) is 6. The van der Waals surface area contributed by atoms with Crippen molar-refractivity contribution in [2.45, 2.75) is 19.4 Å². The molecule has 7 heteroatoms. The maximum Gasteiger partial charge on any atom is 0.323 e. The molecular weight excluding hydrogens is 192 g/mol. The maximum absolute atomic E-state index is 10.7. The number of hydrogen-bond donors (Lipinski definition) is 3. The summed E-state index contributed by atoms with van der Waals surface area (Å²) in [6.07, 6.45) is 0.360. The number of nitrogens with one attached hydrogen (secondary N) is 1. The predicted octanol–water partition coefficient (Wildman–Crippen LogP) is -0.748. The van der Waals surface area contributed by atoms with Gasteiger partial charge in [0.15, 0.2) is 0 Å². The summed E-state index contributed by atoms with van der Waals surface area (Å²) in [5, 5.41) is 13.6. The normalized spacial score (nSPS) is 10.1. The minimum Gasteiger partial charge on any atom is -0.481 e. The minimum absolute atomic E-state index is 0.214. The van der Waals surface area contributed by atoms with Crippen LogP contribution in [0.2, 0.25) is 0 Å². The van der Waals surface area contributed by atoms with E-state index in [0.717, 1.165) is 6.08 Å². The molecule has 0 aromatic rings. The molecule has 0 saturated heterocycles. The first kappa shape index (κ1) is 14.8. The number of ether oxygens (including phenoxy) is 1. The Morgan fingerprint density at radius 1 is 1.64 bits per heavy atom. The van der Waals surface area contributed by atoms with Crippen molar-refractivity contribution in [3.63, 3.8) is 0 Å². The first-order valence-electron chi connectivity index (χ1n) is 3.67. The zero-order valence-corrected chi connectivity index (χ0v) is 7.65. The molecule has 0 saturated carbocycles. The molecule has 0 unspecified atom stereocenters. The molecule has 0 spiro atoms. The van der Waals surface area contributed by atoms with Crippen LogP contribution < -0.4 is 5.73 Å². The first-order valence-corrected chi connectivity index (χ1v) is 3.67. The Morgan fingerprint density at radius 2 is 2.07 bits per heavy atom. The van der Waals surface area contributed by atoms with E-state index in [4.69, 9.17) is 21.0 Å². The van der Waals surface area contributed by atoms with Gasteiger partial charge in [-0.1, -0.05) is 0 Å². The predicted molar refractivity (Wildman–Crippen MR) is 45.3 cm³/mol. The van der Waals surface area contributed by atoms with Crippen LogP contribution in [0.4, 0.5) is 0 Å². The van der Waals surface area contributed by atoms with E-state index in [2.05, 4.69) is 4.74 Å². The van der Waals surface area contributed by atoms with Crippen molar-refractivity contribution in [2.24, 2.45) is 5.73 Å². The van der Waals surface area contributed by atoms with E-state index < -0.39 is 24.4 Å². The first-order chi connectivity index (χ1) is 6.49. The molecule has 0 aliphatic heterocycles. The molecule has 80 valence electrons. The third kappa shape index (κ3) is 10.3. The number of rotatable bonds is 4. The molecule has 0 fully saturated rings. The molecule has 0 bridgehead atoms. The fraction of sp³-hybridized carbons (Fsp3) is 0.571. The minimum atomic E-state index is -1.11. The van der Waals surface area contributed by atoms with Gasteiger partial charge in [0.05, 0.1) is 13.0 Å². The molecule has 0 heterocycles. The van der Waals surface area contributed by atoms with Gasteiger partial charge in [0.2, 0.25) is 6.08 Å². The van der Waals surface area contributed by atoms with Crippen LogP contribution >= 0.6 is 0 Å². The lowest BCUT2D eigenvalue weighted by molar-refractivity contribution is -0.149. The molecular formula is C7H12N2O5. The average Bonchev–Trinajstić information content (AvgIpc) is 2.04. The van der Waals surface area contributed by atoms with E-state index in [-0.39, 0.29) is 6.61 Å². The van der Waals surface area contributed by atoms with Gasteiger partial charge in [0, 0.05) is 0 Å². The van der Waals surface area contributed by atoms with Crippen LogP contribution in [0.5, 0.6) is 0 Å². The number of carbonyl (C=O) groups is 2. The lowest BCUT2D eigenvalue weighted by Crippen LogP contribution is -2.34. The molecule has 4 N–H and O–H groups in total. The number of carboxylic acid groups (broad SMARTS) is 1. The van der Waals surface area contributed by atoms with Gasteiger partial charge in [-0.15, -0.1) is 0 Å². The molecule has 0 aliphatic rings. The second-order valence-corrected chi connectivity index (χ2v) is 2.06. The highest BCUT2D eigenvalue weighted by molar-refractivity contribution is 5.81. The zero-order valence-electron chi connectivity index (χ0n) is 7.65. The SMILES string of the molecule is CCOC(=O)[C@@H](N)CC(=O)O.N=C=O. The number of carbonyl (C=O) groups excluding carboxylic acids is 2. The molecule has 0 amide bonds. The van der Waals surface area contributed by atoms with Gasteiger partial charge < -0.3 is 15.6 Å². The smallest absolute Gasteiger partial charge is 0.323 e.